The summed E-state index contributed by atoms with van der Waals surface area (Å²) >= 11 is 0. The highest BCUT2D eigenvalue weighted by atomic mass is 16.5. The Bertz CT molecular complexity index is 806. The van der Waals surface area contributed by atoms with Gasteiger partial charge in [0.25, 0.3) is 0 Å². The average molecular weight is 285 g/mol. The first kappa shape index (κ1) is 13.3. The van der Waals surface area contributed by atoms with E-state index >= 15 is 0 Å². The number of methoxy groups -OCH3 is 2. The summed E-state index contributed by atoms with van der Waals surface area (Å²) in [7, 11) is 2.94. The summed E-state index contributed by atoms with van der Waals surface area (Å²) in [5, 5.41) is 5.00. The molecule has 21 heavy (non-hydrogen) atoms. The van der Waals surface area contributed by atoms with Crippen LogP contribution in [0, 0.1) is 0 Å². The van der Waals surface area contributed by atoms with E-state index in [1.807, 2.05) is 36.4 Å². The van der Waals surface area contributed by atoms with E-state index in [2.05, 4.69) is 10.1 Å². The molecule has 0 radical (unpaired) electrons. The van der Waals surface area contributed by atoms with Crippen LogP contribution in [0.3, 0.4) is 0 Å². The first-order valence-corrected chi connectivity index (χ1v) is 6.53. The standard InChI is InChI=1S/C16H15NO4/c1-19-15-7-11-10-5-3-4-6-13(10)21-14(11)8-12(15)17-9-16(18)20-2/h3-8,17H,9H2,1-2H3. The SMILES string of the molecule is COC(=O)CNc1cc2oc3ccccc3c2cc1OC. The molecule has 0 aliphatic heterocycles. The quantitative estimate of drug-likeness (QED) is 0.746. The first-order chi connectivity index (χ1) is 10.2. The van der Waals surface area contributed by atoms with Gasteiger partial charge in [-0.25, -0.2) is 0 Å². The van der Waals surface area contributed by atoms with Gasteiger partial charge < -0.3 is 19.2 Å². The minimum Gasteiger partial charge on any atom is -0.495 e. The number of carbonyl (C=O) groups excluding carboxylic acids is 1. The predicted molar refractivity (Wildman–Crippen MR) is 80.8 cm³/mol. The van der Waals surface area contributed by atoms with Crippen LogP contribution in [-0.2, 0) is 9.53 Å². The summed E-state index contributed by atoms with van der Waals surface area (Å²) in [6.07, 6.45) is 0. The number of nitrogens with one attached hydrogen (secondary N) is 1. The van der Waals surface area contributed by atoms with Gasteiger partial charge in [-0.1, -0.05) is 18.2 Å². The van der Waals surface area contributed by atoms with Crippen LogP contribution in [0.2, 0.25) is 0 Å². The number of esters is 1. The molecule has 5 nitrogen and oxygen atoms in total. The number of para-hydroxylation sites is 1. The van der Waals surface area contributed by atoms with Gasteiger partial charge in [-0.15, -0.1) is 0 Å². The van der Waals surface area contributed by atoms with E-state index in [1.165, 1.54) is 7.11 Å². The molecule has 0 aliphatic carbocycles. The molecule has 0 fully saturated rings. The monoisotopic (exact) mass is 285 g/mol. The summed E-state index contributed by atoms with van der Waals surface area (Å²) in [6.45, 7) is 0.0681. The normalized spacial score (nSPS) is 10.8. The average Bonchev–Trinajstić information content (AvgIpc) is 2.88. The molecule has 0 amide bonds. The van der Waals surface area contributed by atoms with Gasteiger partial charge in [-0.05, 0) is 12.1 Å². The Labute approximate surface area is 121 Å². The molecule has 0 saturated heterocycles. The van der Waals surface area contributed by atoms with Gasteiger partial charge in [0.1, 0.15) is 23.5 Å². The molecule has 108 valence electrons. The number of benzene rings is 2. The Balaban J connectivity index is 2.08. The Morgan fingerprint density at radius 3 is 2.71 bits per heavy atom. The zero-order valence-electron chi connectivity index (χ0n) is 11.8. The molecule has 2 aromatic carbocycles. The smallest absolute Gasteiger partial charge is 0.325 e. The van der Waals surface area contributed by atoms with Gasteiger partial charge in [0, 0.05) is 16.8 Å². The Kier molecular flexibility index (Phi) is 3.39. The van der Waals surface area contributed by atoms with Crippen LogP contribution < -0.4 is 10.1 Å². The van der Waals surface area contributed by atoms with Crippen molar-refractivity contribution in [3.63, 3.8) is 0 Å². The maximum absolute atomic E-state index is 11.2. The Morgan fingerprint density at radius 1 is 1.14 bits per heavy atom. The number of fused-ring (bicyclic) bond motifs is 3. The third-order valence-electron chi connectivity index (χ3n) is 3.35. The molecule has 3 aromatic rings. The number of carbonyl (C=O) groups is 1. The van der Waals surface area contributed by atoms with E-state index < -0.39 is 0 Å². The number of ether oxygens (including phenoxy) is 2. The first-order valence-electron chi connectivity index (χ1n) is 6.53. The number of rotatable bonds is 4. The van der Waals surface area contributed by atoms with Crippen molar-refractivity contribution in [3.05, 3.63) is 36.4 Å². The van der Waals surface area contributed by atoms with Gasteiger partial charge in [-0.3, -0.25) is 4.79 Å². The zero-order valence-corrected chi connectivity index (χ0v) is 11.8. The van der Waals surface area contributed by atoms with Crippen molar-refractivity contribution in [2.75, 3.05) is 26.1 Å². The van der Waals surface area contributed by atoms with Gasteiger partial charge in [0.05, 0.1) is 19.9 Å². The third-order valence-corrected chi connectivity index (χ3v) is 3.35. The van der Waals surface area contributed by atoms with Crippen LogP contribution in [0.25, 0.3) is 21.9 Å². The van der Waals surface area contributed by atoms with Crippen LogP contribution in [-0.4, -0.2) is 26.7 Å². The lowest BCUT2D eigenvalue weighted by Gasteiger charge is -2.10. The van der Waals surface area contributed by atoms with Gasteiger partial charge in [-0.2, -0.15) is 0 Å². The van der Waals surface area contributed by atoms with Gasteiger partial charge in [0.15, 0.2) is 0 Å². The highest BCUT2D eigenvalue weighted by molar-refractivity contribution is 6.06. The number of hydrogen-bond donors (Lipinski definition) is 1. The van der Waals surface area contributed by atoms with E-state index in [0.29, 0.717) is 11.4 Å². The maximum Gasteiger partial charge on any atom is 0.325 e. The number of furan rings is 1. The van der Waals surface area contributed by atoms with E-state index in [1.54, 1.807) is 7.11 Å². The molecule has 1 heterocycles. The molecule has 5 heteroatoms. The molecule has 0 spiro atoms. The van der Waals surface area contributed by atoms with Crippen molar-refractivity contribution < 1.29 is 18.7 Å². The molecule has 0 saturated carbocycles. The van der Waals surface area contributed by atoms with Crippen LogP contribution in [0.5, 0.6) is 5.75 Å². The summed E-state index contributed by atoms with van der Waals surface area (Å²) in [5.74, 6) is 0.305. The van der Waals surface area contributed by atoms with Crippen molar-refractivity contribution in [2.45, 2.75) is 0 Å². The fourth-order valence-electron chi connectivity index (χ4n) is 2.30. The Hall–Kier alpha value is -2.69. The highest BCUT2D eigenvalue weighted by Crippen LogP contribution is 2.36. The van der Waals surface area contributed by atoms with E-state index in [-0.39, 0.29) is 12.5 Å². The van der Waals surface area contributed by atoms with Crippen molar-refractivity contribution in [1.82, 2.24) is 0 Å². The number of anilines is 1. The molecule has 0 unspecified atom stereocenters. The largest absolute Gasteiger partial charge is 0.495 e. The molecule has 0 aliphatic rings. The topological polar surface area (TPSA) is 60.7 Å². The van der Waals surface area contributed by atoms with Crippen molar-refractivity contribution >= 4 is 33.6 Å². The number of hydrogen-bond acceptors (Lipinski definition) is 5. The van der Waals surface area contributed by atoms with Crippen molar-refractivity contribution in [3.8, 4) is 5.75 Å². The molecule has 0 bridgehead atoms. The van der Waals surface area contributed by atoms with E-state index in [0.717, 1.165) is 21.9 Å². The minimum absolute atomic E-state index is 0.0681. The second kappa shape index (κ2) is 5.36. The van der Waals surface area contributed by atoms with Gasteiger partial charge in [0.2, 0.25) is 0 Å². The third kappa shape index (κ3) is 2.38. The predicted octanol–water partition coefficient (Wildman–Crippen LogP) is 3.18. The van der Waals surface area contributed by atoms with Crippen molar-refractivity contribution in [1.29, 1.82) is 0 Å². The van der Waals surface area contributed by atoms with Crippen molar-refractivity contribution in [2.24, 2.45) is 0 Å². The molecular weight excluding hydrogens is 270 g/mol. The van der Waals surface area contributed by atoms with E-state index in [9.17, 15) is 4.79 Å². The lowest BCUT2D eigenvalue weighted by atomic mass is 10.1. The summed E-state index contributed by atoms with van der Waals surface area (Å²) in [5.41, 5.74) is 2.25. The van der Waals surface area contributed by atoms with E-state index in [4.69, 9.17) is 9.15 Å². The zero-order chi connectivity index (χ0) is 14.8. The molecule has 1 aromatic heterocycles. The summed E-state index contributed by atoms with van der Waals surface area (Å²) in [6, 6.07) is 11.6. The minimum atomic E-state index is -0.346. The fourth-order valence-corrected chi connectivity index (χ4v) is 2.30. The fraction of sp³-hybridized carbons (Fsp3) is 0.188. The van der Waals surface area contributed by atoms with Crippen LogP contribution >= 0.6 is 0 Å². The lowest BCUT2D eigenvalue weighted by molar-refractivity contribution is -0.138. The second-order valence-electron chi connectivity index (χ2n) is 4.58. The lowest BCUT2D eigenvalue weighted by Crippen LogP contribution is -2.15. The molecule has 3 rings (SSSR count). The molecule has 1 N–H and O–H groups in total. The van der Waals surface area contributed by atoms with Crippen LogP contribution in [0.1, 0.15) is 0 Å². The summed E-state index contributed by atoms with van der Waals surface area (Å²) in [4.78, 5) is 11.2. The van der Waals surface area contributed by atoms with Crippen LogP contribution in [0.4, 0.5) is 5.69 Å². The maximum atomic E-state index is 11.2. The second-order valence-corrected chi connectivity index (χ2v) is 4.58. The van der Waals surface area contributed by atoms with Gasteiger partial charge >= 0.3 is 5.97 Å². The summed E-state index contributed by atoms with van der Waals surface area (Å²) < 4.78 is 15.8. The Morgan fingerprint density at radius 2 is 1.95 bits per heavy atom. The van der Waals surface area contributed by atoms with Crippen LogP contribution in [0.15, 0.2) is 40.8 Å². The molecular formula is C16H15NO4. The molecule has 0 atom stereocenters. The highest BCUT2D eigenvalue weighted by Gasteiger charge is 2.12.